The van der Waals surface area contributed by atoms with Crippen LogP contribution in [-0.2, 0) is 13.1 Å². The van der Waals surface area contributed by atoms with E-state index in [1.165, 1.54) is 5.56 Å². The topological polar surface area (TPSA) is 55.3 Å². The molecule has 0 saturated heterocycles. The van der Waals surface area contributed by atoms with E-state index in [1.807, 2.05) is 19.1 Å². The molecule has 96 valence electrons. The predicted molar refractivity (Wildman–Crippen MR) is 73.9 cm³/mol. The van der Waals surface area contributed by atoms with Gasteiger partial charge < -0.3 is 16.4 Å². The molecule has 1 atom stereocenters. The van der Waals surface area contributed by atoms with Crippen LogP contribution >= 0.6 is 11.6 Å². The summed E-state index contributed by atoms with van der Waals surface area (Å²) in [5, 5.41) is 0.753. The molecule has 1 unspecified atom stereocenters. The maximum atomic E-state index is 6.05. The summed E-state index contributed by atoms with van der Waals surface area (Å²) in [7, 11) is 2.09. The molecule has 0 aliphatic carbocycles. The summed E-state index contributed by atoms with van der Waals surface area (Å²) in [5.41, 5.74) is 13.6. The molecule has 0 aliphatic heterocycles. The highest BCUT2D eigenvalue weighted by molar-refractivity contribution is 6.30. The van der Waals surface area contributed by atoms with Crippen molar-refractivity contribution in [3.63, 3.8) is 0 Å². The highest BCUT2D eigenvalue weighted by atomic mass is 35.5. The molecule has 0 spiro atoms. The largest absolute Gasteiger partial charge is 0.328 e. The molecule has 0 radical (unpaired) electrons. The molecular formula is C13H22ClN3. The Bertz CT molecular complexity index is 353. The van der Waals surface area contributed by atoms with Gasteiger partial charge in [-0.15, -0.1) is 0 Å². The molecule has 0 fully saturated rings. The molecule has 0 saturated carbocycles. The molecule has 1 aromatic rings. The Morgan fingerprint density at radius 3 is 2.53 bits per heavy atom. The number of benzene rings is 1. The van der Waals surface area contributed by atoms with E-state index in [-0.39, 0.29) is 6.04 Å². The first-order chi connectivity index (χ1) is 8.01. The van der Waals surface area contributed by atoms with Crippen molar-refractivity contribution < 1.29 is 0 Å². The van der Waals surface area contributed by atoms with E-state index in [9.17, 15) is 0 Å². The summed E-state index contributed by atoms with van der Waals surface area (Å²) in [6, 6.07) is 6.25. The van der Waals surface area contributed by atoms with Crippen LogP contribution in [0.15, 0.2) is 18.2 Å². The summed E-state index contributed by atoms with van der Waals surface area (Å²) in [6.45, 7) is 4.42. The summed E-state index contributed by atoms with van der Waals surface area (Å²) in [6.07, 6.45) is 1.00. The van der Waals surface area contributed by atoms with E-state index in [1.54, 1.807) is 0 Å². The molecule has 0 amide bonds. The highest BCUT2D eigenvalue weighted by Crippen LogP contribution is 2.16. The first kappa shape index (κ1) is 14.5. The minimum Gasteiger partial charge on any atom is -0.328 e. The molecule has 0 bridgehead atoms. The van der Waals surface area contributed by atoms with Crippen LogP contribution in [0, 0.1) is 0 Å². The number of nitrogens with zero attached hydrogens (tertiary/aromatic N) is 1. The molecule has 1 rings (SSSR count). The average molecular weight is 256 g/mol. The second-order valence-corrected chi connectivity index (χ2v) is 5.11. The Labute approximate surface area is 109 Å². The zero-order chi connectivity index (χ0) is 12.8. The van der Waals surface area contributed by atoms with Crippen molar-refractivity contribution in [3.05, 3.63) is 34.3 Å². The second-order valence-electron chi connectivity index (χ2n) is 4.68. The fourth-order valence-corrected chi connectivity index (χ4v) is 2.02. The second kappa shape index (κ2) is 6.97. The molecule has 0 aromatic heterocycles. The van der Waals surface area contributed by atoms with Crippen LogP contribution in [0.3, 0.4) is 0 Å². The van der Waals surface area contributed by atoms with Crippen molar-refractivity contribution in [2.24, 2.45) is 11.5 Å². The quantitative estimate of drug-likeness (QED) is 0.817. The van der Waals surface area contributed by atoms with E-state index in [0.29, 0.717) is 6.54 Å². The van der Waals surface area contributed by atoms with E-state index in [4.69, 9.17) is 23.1 Å². The van der Waals surface area contributed by atoms with Crippen molar-refractivity contribution in [1.82, 2.24) is 4.90 Å². The monoisotopic (exact) mass is 255 g/mol. The van der Waals surface area contributed by atoms with Gasteiger partial charge in [-0.2, -0.15) is 0 Å². The number of hydrogen-bond acceptors (Lipinski definition) is 3. The SMILES string of the molecule is CC(N)CCN(C)Cc1cc(Cl)cc(CN)c1. The van der Waals surface area contributed by atoms with Crippen LogP contribution < -0.4 is 11.5 Å². The highest BCUT2D eigenvalue weighted by Gasteiger charge is 2.04. The van der Waals surface area contributed by atoms with Crippen LogP contribution in [0.1, 0.15) is 24.5 Å². The van der Waals surface area contributed by atoms with Crippen molar-refractivity contribution >= 4 is 11.6 Å². The fourth-order valence-electron chi connectivity index (χ4n) is 1.74. The van der Waals surface area contributed by atoms with Crippen LogP contribution in [-0.4, -0.2) is 24.5 Å². The predicted octanol–water partition coefficient (Wildman–Crippen LogP) is 1.97. The minimum atomic E-state index is 0.247. The molecule has 3 nitrogen and oxygen atoms in total. The lowest BCUT2D eigenvalue weighted by Gasteiger charge is -2.18. The Morgan fingerprint density at radius 2 is 1.94 bits per heavy atom. The number of hydrogen-bond donors (Lipinski definition) is 2. The third kappa shape index (κ3) is 5.50. The van der Waals surface area contributed by atoms with E-state index in [0.717, 1.165) is 30.1 Å². The summed E-state index contributed by atoms with van der Waals surface area (Å²) in [5.74, 6) is 0. The molecule has 0 heterocycles. The van der Waals surface area contributed by atoms with Gasteiger partial charge in [0.15, 0.2) is 0 Å². The van der Waals surface area contributed by atoms with Gasteiger partial charge in [0, 0.05) is 24.2 Å². The zero-order valence-corrected chi connectivity index (χ0v) is 11.4. The number of nitrogens with two attached hydrogens (primary N) is 2. The Hall–Kier alpha value is -0.610. The molecule has 1 aromatic carbocycles. The lowest BCUT2D eigenvalue weighted by atomic mass is 10.1. The molecular weight excluding hydrogens is 234 g/mol. The van der Waals surface area contributed by atoms with Crippen molar-refractivity contribution in [3.8, 4) is 0 Å². The van der Waals surface area contributed by atoms with Gasteiger partial charge >= 0.3 is 0 Å². The van der Waals surface area contributed by atoms with Gasteiger partial charge in [0.25, 0.3) is 0 Å². The van der Waals surface area contributed by atoms with Crippen molar-refractivity contribution in [1.29, 1.82) is 0 Å². The van der Waals surface area contributed by atoms with E-state index >= 15 is 0 Å². The summed E-state index contributed by atoms with van der Waals surface area (Å²) >= 11 is 6.05. The van der Waals surface area contributed by atoms with Crippen LogP contribution in [0.25, 0.3) is 0 Å². The van der Waals surface area contributed by atoms with Crippen LogP contribution in [0.5, 0.6) is 0 Å². The van der Waals surface area contributed by atoms with Gasteiger partial charge in [-0.3, -0.25) is 0 Å². The molecule has 0 aliphatic rings. The summed E-state index contributed by atoms with van der Waals surface area (Å²) < 4.78 is 0. The minimum absolute atomic E-state index is 0.247. The lowest BCUT2D eigenvalue weighted by Crippen LogP contribution is -2.25. The maximum absolute atomic E-state index is 6.05. The number of halogens is 1. The third-order valence-corrected chi connectivity index (χ3v) is 2.89. The average Bonchev–Trinajstić information content (AvgIpc) is 2.25. The maximum Gasteiger partial charge on any atom is 0.0412 e. The van der Waals surface area contributed by atoms with Gasteiger partial charge in [0.1, 0.15) is 0 Å². The first-order valence-corrected chi connectivity index (χ1v) is 6.31. The molecule has 4 N–H and O–H groups in total. The van der Waals surface area contributed by atoms with Gasteiger partial charge in [-0.05, 0) is 50.2 Å². The van der Waals surface area contributed by atoms with Gasteiger partial charge in [-0.1, -0.05) is 17.7 Å². The van der Waals surface area contributed by atoms with E-state index in [2.05, 4.69) is 18.0 Å². The Balaban J connectivity index is 2.58. The normalized spacial score (nSPS) is 13.1. The summed E-state index contributed by atoms with van der Waals surface area (Å²) in [4.78, 5) is 2.25. The number of rotatable bonds is 6. The van der Waals surface area contributed by atoms with Gasteiger partial charge in [0.2, 0.25) is 0 Å². The van der Waals surface area contributed by atoms with Gasteiger partial charge in [0.05, 0.1) is 0 Å². The Morgan fingerprint density at radius 1 is 1.29 bits per heavy atom. The Kier molecular flexibility index (Phi) is 5.92. The first-order valence-electron chi connectivity index (χ1n) is 5.93. The molecule has 17 heavy (non-hydrogen) atoms. The molecule has 4 heteroatoms. The van der Waals surface area contributed by atoms with Gasteiger partial charge in [-0.25, -0.2) is 0 Å². The van der Waals surface area contributed by atoms with Crippen molar-refractivity contribution in [2.75, 3.05) is 13.6 Å². The van der Waals surface area contributed by atoms with Crippen LogP contribution in [0.4, 0.5) is 0 Å². The smallest absolute Gasteiger partial charge is 0.0412 e. The van der Waals surface area contributed by atoms with E-state index < -0.39 is 0 Å². The zero-order valence-electron chi connectivity index (χ0n) is 10.6. The third-order valence-electron chi connectivity index (χ3n) is 2.67. The standard InChI is InChI=1S/C13H22ClN3/c1-10(16)3-4-17(2)9-12-5-11(8-15)6-13(14)7-12/h5-7,10H,3-4,8-9,15-16H2,1-2H3. The lowest BCUT2D eigenvalue weighted by molar-refractivity contribution is 0.313. The van der Waals surface area contributed by atoms with Crippen LogP contribution in [0.2, 0.25) is 5.02 Å². The fraction of sp³-hybridized carbons (Fsp3) is 0.538. The van der Waals surface area contributed by atoms with Crippen molar-refractivity contribution in [2.45, 2.75) is 32.5 Å².